The van der Waals surface area contributed by atoms with Gasteiger partial charge >= 0.3 is 5.69 Å². The van der Waals surface area contributed by atoms with Crippen molar-refractivity contribution in [3.63, 3.8) is 0 Å². The van der Waals surface area contributed by atoms with E-state index in [1.54, 1.807) is 12.1 Å². The molecule has 2 amide bonds. The van der Waals surface area contributed by atoms with Crippen LogP contribution in [0, 0.1) is 42.2 Å². The second-order valence-electron chi connectivity index (χ2n) is 11.0. The van der Waals surface area contributed by atoms with Crippen LogP contribution in [-0.2, 0) is 15.0 Å². The molecule has 0 saturated carbocycles. The van der Waals surface area contributed by atoms with Gasteiger partial charge in [-0.15, -0.1) is 0 Å². The van der Waals surface area contributed by atoms with Crippen LogP contribution in [0.5, 0.6) is 0 Å². The van der Waals surface area contributed by atoms with E-state index < -0.39 is 66.8 Å². The Bertz CT molecular complexity index is 2040. The highest BCUT2D eigenvalue weighted by molar-refractivity contribution is 6.31. The van der Waals surface area contributed by atoms with Crippen LogP contribution in [0.2, 0.25) is 5.02 Å². The van der Waals surface area contributed by atoms with Crippen molar-refractivity contribution in [1.29, 1.82) is 0 Å². The fourth-order valence-corrected chi connectivity index (χ4v) is 7.37. The Balaban J connectivity index is 1.42. The van der Waals surface area contributed by atoms with Gasteiger partial charge in [-0.3, -0.25) is 45.4 Å². The van der Waals surface area contributed by atoms with E-state index in [2.05, 4.69) is 10.5 Å². The lowest BCUT2D eigenvalue weighted by molar-refractivity contribution is -0.393. The highest BCUT2D eigenvalue weighted by Crippen LogP contribution is 2.64. The average molecular weight is 639 g/mol. The van der Waals surface area contributed by atoms with Gasteiger partial charge in [0, 0.05) is 29.3 Å². The van der Waals surface area contributed by atoms with Crippen molar-refractivity contribution in [2.75, 3.05) is 10.3 Å². The Hall–Kier alpha value is -6.02. The minimum absolute atomic E-state index is 0.0573. The van der Waals surface area contributed by atoms with Crippen LogP contribution >= 0.6 is 11.6 Å². The molecule has 3 aliphatic carbocycles. The van der Waals surface area contributed by atoms with Crippen LogP contribution in [0.3, 0.4) is 0 Å². The summed E-state index contributed by atoms with van der Waals surface area (Å²) in [5.74, 6) is -3.91. The van der Waals surface area contributed by atoms with Gasteiger partial charge in [0.25, 0.3) is 11.4 Å². The summed E-state index contributed by atoms with van der Waals surface area (Å²) in [6.07, 6.45) is 1.42. The summed E-state index contributed by atoms with van der Waals surface area (Å²) in [5, 5.41) is 39.4. The molecule has 15 heteroatoms. The standard InChI is InChI=1S/C31H19ClN6O8/c32-16-9-12-23(25(13-16)38(45)46)35-29(39)27-26-18-5-1-3-7-20(18)31(28(27)30(35)40,21-8-4-2-6-19(21)26)15-33-34-22-11-10-17(36(41)42)14-24(22)37(43)44/h1-15,26-28,34H/b33-15+. The summed E-state index contributed by atoms with van der Waals surface area (Å²) in [6, 6.07) is 21.3. The van der Waals surface area contributed by atoms with Crippen LogP contribution in [0.4, 0.5) is 28.4 Å². The van der Waals surface area contributed by atoms with Gasteiger partial charge in [-0.25, -0.2) is 4.90 Å². The van der Waals surface area contributed by atoms with Gasteiger partial charge in [0.15, 0.2) is 0 Å². The van der Waals surface area contributed by atoms with E-state index in [-0.39, 0.29) is 16.4 Å². The number of anilines is 2. The lowest BCUT2D eigenvalue weighted by Crippen LogP contribution is -2.54. The van der Waals surface area contributed by atoms with E-state index in [9.17, 15) is 39.9 Å². The Morgan fingerprint density at radius 1 is 0.783 bits per heavy atom. The Labute approximate surface area is 263 Å². The number of hydrazone groups is 1. The first kappa shape index (κ1) is 28.7. The third-order valence-corrected chi connectivity index (χ3v) is 9.14. The molecule has 2 unspecified atom stereocenters. The molecule has 0 aromatic heterocycles. The first-order valence-corrected chi connectivity index (χ1v) is 14.2. The number of hydrogen-bond donors (Lipinski definition) is 1. The van der Waals surface area contributed by atoms with Gasteiger partial charge in [-0.1, -0.05) is 60.1 Å². The number of halogens is 1. The van der Waals surface area contributed by atoms with E-state index in [1.807, 2.05) is 36.4 Å². The van der Waals surface area contributed by atoms with Gasteiger partial charge in [0.05, 0.1) is 38.1 Å². The van der Waals surface area contributed by atoms with Crippen LogP contribution in [0.15, 0.2) is 90.0 Å². The normalized spacial score (nSPS) is 22.4. The first-order chi connectivity index (χ1) is 22.1. The number of nitrogens with zero attached hydrogens (tertiary/aromatic N) is 5. The number of hydrogen-bond acceptors (Lipinski definition) is 10. The fourth-order valence-electron chi connectivity index (χ4n) is 7.20. The molecule has 1 saturated heterocycles. The summed E-state index contributed by atoms with van der Waals surface area (Å²) in [4.78, 5) is 62.4. The minimum Gasteiger partial charge on any atom is -0.274 e. The summed E-state index contributed by atoms with van der Waals surface area (Å²) < 4.78 is 0. The largest absolute Gasteiger partial charge is 0.301 e. The molecular formula is C31H19ClN6O8. The van der Waals surface area contributed by atoms with Gasteiger partial charge in [-0.2, -0.15) is 5.10 Å². The van der Waals surface area contributed by atoms with Gasteiger partial charge in [-0.05, 0) is 40.5 Å². The van der Waals surface area contributed by atoms with Crippen molar-refractivity contribution in [3.05, 3.63) is 143 Å². The topological polar surface area (TPSA) is 191 Å². The molecule has 1 aliphatic heterocycles. The number of rotatable bonds is 7. The highest BCUT2D eigenvalue weighted by atomic mass is 35.5. The third-order valence-electron chi connectivity index (χ3n) is 8.90. The van der Waals surface area contributed by atoms with E-state index >= 15 is 0 Å². The van der Waals surface area contributed by atoms with Crippen molar-refractivity contribution < 1.29 is 24.4 Å². The maximum Gasteiger partial charge on any atom is 0.301 e. The SMILES string of the molecule is O=C1C2C3c4ccccc4C(/C=N/Nc4ccc([N+](=O)[O-])cc4[N+](=O)[O-])(c4ccccc43)C2C(=O)N1c1ccc(Cl)cc1[N+](=O)[O-]. The molecule has 46 heavy (non-hydrogen) atoms. The zero-order chi connectivity index (χ0) is 32.5. The number of nitrogens with one attached hydrogen (secondary N) is 1. The molecule has 4 aromatic carbocycles. The molecule has 2 bridgehead atoms. The van der Waals surface area contributed by atoms with Crippen molar-refractivity contribution in [3.8, 4) is 0 Å². The van der Waals surface area contributed by atoms with E-state index in [0.717, 1.165) is 40.3 Å². The van der Waals surface area contributed by atoms with Crippen molar-refractivity contribution >= 4 is 58.1 Å². The van der Waals surface area contributed by atoms with Crippen molar-refractivity contribution in [2.45, 2.75) is 11.3 Å². The number of carbonyl (C=O) groups is 2. The lowest BCUT2D eigenvalue weighted by atomic mass is 9.47. The molecule has 1 fully saturated rings. The zero-order valence-corrected chi connectivity index (χ0v) is 24.0. The number of carbonyl (C=O) groups excluding carboxylic acids is 2. The molecule has 8 rings (SSSR count). The Morgan fingerprint density at radius 3 is 2.02 bits per heavy atom. The molecule has 14 nitrogen and oxygen atoms in total. The van der Waals surface area contributed by atoms with Crippen molar-refractivity contribution in [1.82, 2.24) is 0 Å². The van der Waals surface area contributed by atoms with Crippen LogP contribution in [-0.4, -0.2) is 32.8 Å². The predicted molar refractivity (Wildman–Crippen MR) is 165 cm³/mol. The first-order valence-electron chi connectivity index (χ1n) is 13.8. The monoisotopic (exact) mass is 638 g/mol. The van der Waals surface area contributed by atoms with Crippen LogP contribution in [0.1, 0.15) is 28.2 Å². The van der Waals surface area contributed by atoms with Crippen molar-refractivity contribution in [2.24, 2.45) is 16.9 Å². The minimum atomic E-state index is -1.39. The van der Waals surface area contributed by atoms with E-state index in [0.29, 0.717) is 11.1 Å². The number of amides is 2. The Morgan fingerprint density at radius 2 is 1.41 bits per heavy atom. The number of nitro benzene ring substituents is 3. The summed E-state index contributed by atoms with van der Waals surface area (Å²) in [7, 11) is 0. The molecule has 1 heterocycles. The number of imide groups is 1. The van der Waals surface area contributed by atoms with Gasteiger partial charge < -0.3 is 0 Å². The van der Waals surface area contributed by atoms with E-state index in [1.165, 1.54) is 18.3 Å². The summed E-state index contributed by atoms with van der Waals surface area (Å²) in [5.41, 5.74) is 2.18. The molecule has 1 N–H and O–H groups in total. The average Bonchev–Trinajstić information content (AvgIpc) is 3.31. The maximum absolute atomic E-state index is 14.5. The summed E-state index contributed by atoms with van der Waals surface area (Å²) >= 11 is 6.03. The number of nitro groups is 3. The smallest absolute Gasteiger partial charge is 0.274 e. The van der Waals surface area contributed by atoms with E-state index in [4.69, 9.17) is 11.6 Å². The molecule has 4 aliphatic rings. The summed E-state index contributed by atoms with van der Waals surface area (Å²) in [6.45, 7) is 0. The second kappa shape index (κ2) is 10.3. The Kier molecular flexibility index (Phi) is 6.42. The molecule has 0 radical (unpaired) electrons. The zero-order valence-electron chi connectivity index (χ0n) is 23.3. The highest BCUT2D eigenvalue weighted by Gasteiger charge is 2.68. The number of non-ortho nitro benzene ring substituents is 1. The lowest BCUT2D eigenvalue weighted by Gasteiger charge is -2.52. The maximum atomic E-state index is 14.5. The van der Waals surface area contributed by atoms with Crippen LogP contribution in [0.25, 0.3) is 0 Å². The molecule has 0 spiro atoms. The van der Waals surface area contributed by atoms with Gasteiger partial charge in [0.2, 0.25) is 11.8 Å². The quantitative estimate of drug-likeness (QED) is 0.114. The second-order valence-corrected chi connectivity index (χ2v) is 11.4. The third kappa shape index (κ3) is 3.93. The fraction of sp³-hybridized carbons (Fsp3) is 0.129. The molecule has 4 aromatic rings. The van der Waals surface area contributed by atoms with Crippen LogP contribution < -0.4 is 10.3 Å². The predicted octanol–water partition coefficient (Wildman–Crippen LogP) is 5.71. The van der Waals surface area contributed by atoms with Gasteiger partial charge in [0.1, 0.15) is 11.4 Å². The molecule has 228 valence electrons. The number of benzene rings is 4. The molecular weight excluding hydrogens is 620 g/mol. The molecule has 2 atom stereocenters.